The summed E-state index contributed by atoms with van der Waals surface area (Å²) < 4.78 is 0. The fourth-order valence-corrected chi connectivity index (χ4v) is 1.28. The van der Waals surface area contributed by atoms with Crippen molar-refractivity contribution in [2.75, 3.05) is 6.54 Å². The Bertz CT molecular complexity index is 232. The van der Waals surface area contributed by atoms with E-state index >= 15 is 0 Å². The van der Waals surface area contributed by atoms with Gasteiger partial charge in [-0.1, -0.05) is 11.3 Å². The molecule has 1 aromatic heterocycles. The van der Waals surface area contributed by atoms with Gasteiger partial charge in [0.25, 0.3) is 0 Å². The van der Waals surface area contributed by atoms with Crippen molar-refractivity contribution in [1.29, 1.82) is 0 Å². The summed E-state index contributed by atoms with van der Waals surface area (Å²) in [6, 6.07) is 0. The van der Waals surface area contributed by atoms with Gasteiger partial charge in [-0.15, -0.1) is 12.4 Å². The minimum atomic E-state index is -0.00144. The summed E-state index contributed by atoms with van der Waals surface area (Å²) in [5, 5.41) is 0. The first-order valence-corrected chi connectivity index (χ1v) is 3.52. The smallest absolute Gasteiger partial charge is 0.304 e. The number of hydrogen-bond acceptors (Lipinski definition) is 3. The molecule has 0 aliphatic heterocycles. The van der Waals surface area contributed by atoms with Crippen LogP contribution in [0.2, 0.25) is 0 Å². The summed E-state index contributed by atoms with van der Waals surface area (Å²) in [6.45, 7) is 0.605. The van der Waals surface area contributed by atoms with Gasteiger partial charge in [0.1, 0.15) is 0 Å². The van der Waals surface area contributed by atoms with E-state index in [-0.39, 0.29) is 17.3 Å². The molecule has 3 nitrogen and oxygen atoms in total. The van der Waals surface area contributed by atoms with Crippen LogP contribution in [0.25, 0.3) is 0 Å². The Balaban J connectivity index is 0.000000810. The van der Waals surface area contributed by atoms with Crippen LogP contribution in [0.4, 0.5) is 0 Å². The number of thiazole rings is 1. The normalized spacial score (nSPS) is 8.90. The highest BCUT2D eigenvalue weighted by Crippen LogP contribution is 1.98. The molecule has 1 heterocycles. The monoisotopic (exact) mass is 180 g/mol. The van der Waals surface area contributed by atoms with Crippen LogP contribution in [0.1, 0.15) is 4.88 Å². The second-order valence-electron chi connectivity index (χ2n) is 1.68. The average molecular weight is 181 g/mol. The van der Waals surface area contributed by atoms with Gasteiger partial charge in [0, 0.05) is 11.1 Å². The zero-order valence-corrected chi connectivity index (χ0v) is 6.93. The number of hydrogen-bond donors (Lipinski definition) is 2. The first-order chi connectivity index (χ1) is 4.33. The highest BCUT2D eigenvalue weighted by Gasteiger charge is 1.92. The van der Waals surface area contributed by atoms with E-state index in [0.29, 0.717) is 6.54 Å². The van der Waals surface area contributed by atoms with Gasteiger partial charge in [0.15, 0.2) is 0 Å². The van der Waals surface area contributed by atoms with Crippen LogP contribution in [0.15, 0.2) is 11.0 Å². The van der Waals surface area contributed by atoms with Crippen molar-refractivity contribution >= 4 is 23.7 Å². The third kappa shape index (κ3) is 2.51. The lowest BCUT2D eigenvalue weighted by Gasteiger charge is -1.84. The highest BCUT2D eigenvalue weighted by molar-refractivity contribution is 7.09. The molecule has 0 aromatic carbocycles. The summed E-state index contributed by atoms with van der Waals surface area (Å²) in [4.78, 5) is 14.1. The Morgan fingerprint density at radius 3 is 2.80 bits per heavy atom. The van der Waals surface area contributed by atoms with Gasteiger partial charge in [-0.25, -0.2) is 0 Å². The molecule has 0 radical (unpaired) electrons. The van der Waals surface area contributed by atoms with Crippen molar-refractivity contribution < 1.29 is 0 Å². The van der Waals surface area contributed by atoms with Crippen molar-refractivity contribution in [3.63, 3.8) is 0 Å². The molecule has 10 heavy (non-hydrogen) atoms. The molecule has 0 aliphatic rings. The topological polar surface area (TPSA) is 58.9 Å². The molecule has 0 saturated heterocycles. The first kappa shape index (κ1) is 9.68. The van der Waals surface area contributed by atoms with Crippen LogP contribution in [0.3, 0.4) is 0 Å². The lowest BCUT2D eigenvalue weighted by atomic mass is 10.4. The van der Waals surface area contributed by atoms with Crippen molar-refractivity contribution in [3.05, 3.63) is 20.7 Å². The van der Waals surface area contributed by atoms with E-state index < -0.39 is 0 Å². The van der Waals surface area contributed by atoms with E-state index in [1.807, 2.05) is 0 Å². The van der Waals surface area contributed by atoms with Gasteiger partial charge in [0.2, 0.25) is 0 Å². The maximum Gasteiger partial charge on any atom is 0.304 e. The zero-order chi connectivity index (χ0) is 6.69. The van der Waals surface area contributed by atoms with E-state index in [1.54, 1.807) is 6.20 Å². The van der Waals surface area contributed by atoms with Gasteiger partial charge in [0.05, 0.1) is 0 Å². The van der Waals surface area contributed by atoms with Crippen molar-refractivity contribution in [2.45, 2.75) is 6.42 Å². The number of nitrogens with one attached hydrogen (secondary N) is 1. The van der Waals surface area contributed by atoms with E-state index in [9.17, 15) is 4.79 Å². The van der Waals surface area contributed by atoms with Crippen LogP contribution in [0, 0.1) is 0 Å². The molecule has 3 N–H and O–H groups in total. The molecule has 1 rings (SSSR count). The van der Waals surface area contributed by atoms with Crippen LogP contribution >= 0.6 is 23.7 Å². The van der Waals surface area contributed by atoms with Crippen LogP contribution in [-0.4, -0.2) is 11.5 Å². The zero-order valence-electron chi connectivity index (χ0n) is 5.29. The van der Waals surface area contributed by atoms with Gasteiger partial charge in [-0.3, -0.25) is 4.79 Å². The lowest BCUT2D eigenvalue weighted by Crippen LogP contribution is -2.00. The van der Waals surface area contributed by atoms with Gasteiger partial charge < -0.3 is 10.7 Å². The van der Waals surface area contributed by atoms with Gasteiger partial charge in [-0.05, 0) is 13.0 Å². The van der Waals surface area contributed by atoms with Gasteiger partial charge >= 0.3 is 4.87 Å². The maximum atomic E-state index is 10.5. The predicted octanol–water partition coefficient (Wildman–Crippen LogP) is 0.359. The number of aromatic nitrogens is 1. The SMILES string of the molecule is Cl.NCCc1c[nH]c(=O)s1. The molecular weight excluding hydrogens is 172 g/mol. The molecule has 0 amide bonds. The van der Waals surface area contributed by atoms with Crippen molar-refractivity contribution in [1.82, 2.24) is 4.98 Å². The number of halogens is 1. The van der Waals surface area contributed by atoms with E-state index in [2.05, 4.69) is 4.98 Å². The fraction of sp³-hybridized carbons (Fsp3) is 0.400. The molecule has 58 valence electrons. The second-order valence-corrected chi connectivity index (χ2v) is 2.78. The number of rotatable bonds is 2. The van der Waals surface area contributed by atoms with Gasteiger partial charge in [-0.2, -0.15) is 0 Å². The maximum absolute atomic E-state index is 10.5. The minimum Gasteiger partial charge on any atom is -0.330 e. The lowest BCUT2D eigenvalue weighted by molar-refractivity contribution is 0.984. The van der Waals surface area contributed by atoms with Crippen molar-refractivity contribution in [2.24, 2.45) is 5.73 Å². The molecule has 1 aromatic rings. The summed E-state index contributed by atoms with van der Waals surface area (Å²) >= 11 is 1.22. The molecule has 0 bridgehead atoms. The molecule has 0 atom stereocenters. The first-order valence-electron chi connectivity index (χ1n) is 2.70. The Kier molecular flexibility index (Phi) is 4.34. The molecule has 0 fully saturated rings. The highest BCUT2D eigenvalue weighted by atomic mass is 35.5. The van der Waals surface area contributed by atoms with E-state index in [1.165, 1.54) is 11.3 Å². The predicted molar refractivity (Wildman–Crippen MR) is 44.9 cm³/mol. The summed E-state index contributed by atoms with van der Waals surface area (Å²) in [5.74, 6) is 0. The summed E-state index contributed by atoms with van der Waals surface area (Å²) in [7, 11) is 0. The Hall–Kier alpha value is -0.320. The molecule has 0 unspecified atom stereocenters. The second kappa shape index (κ2) is 4.49. The van der Waals surface area contributed by atoms with Crippen LogP contribution in [0.5, 0.6) is 0 Å². The van der Waals surface area contributed by atoms with Crippen LogP contribution in [-0.2, 0) is 6.42 Å². The standard InChI is InChI=1S/C5H8N2OS.ClH/c6-2-1-4-3-7-5(8)9-4;/h3H,1-2,6H2,(H,7,8);1H. The third-order valence-electron chi connectivity index (χ3n) is 0.966. The minimum absolute atomic E-state index is 0. The quantitative estimate of drug-likeness (QED) is 0.691. The molecular formula is C5H9ClN2OS. The molecule has 0 aliphatic carbocycles. The third-order valence-corrected chi connectivity index (χ3v) is 1.85. The van der Waals surface area contributed by atoms with Crippen LogP contribution < -0.4 is 10.6 Å². The summed E-state index contributed by atoms with van der Waals surface area (Å²) in [5.41, 5.74) is 5.26. The number of aromatic amines is 1. The molecule has 0 spiro atoms. The average Bonchev–Trinajstić information content (AvgIpc) is 2.17. The largest absolute Gasteiger partial charge is 0.330 e. The Morgan fingerprint density at radius 1 is 1.70 bits per heavy atom. The fourth-order valence-electron chi connectivity index (χ4n) is 0.583. The van der Waals surface area contributed by atoms with E-state index in [4.69, 9.17) is 5.73 Å². The number of nitrogens with two attached hydrogens (primary N) is 1. The molecule has 0 saturated carbocycles. The Labute approximate surface area is 68.7 Å². The van der Waals surface area contributed by atoms with Crippen molar-refractivity contribution in [3.8, 4) is 0 Å². The summed E-state index contributed by atoms with van der Waals surface area (Å²) in [6.07, 6.45) is 2.50. The van der Waals surface area contributed by atoms with E-state index in [0.717, 1.165) is 11.3 Å². The number of H-pyrrole nitrogens is 1. The molecule has 5 heteroatoms. The Morgan fingerprint density at radius 2 is 2.40 bits per heavy atom.